The lowest BCUT2D eigenvalue weighted by molar-refractivity contribution is 0.0679. The van der Waals surface area contributed by atoms with Crippen molar-refractivity contribution in [1.29, 1.82) is 0 Å². The number of thioether (sulfide) groups is 1. The molecular formula is C20H21NO3S. The van der Waals surface area contributed by atoms with Crippen LogP contribution >= 0.6 is 11.8 Å². The first-order valence-corrected chi connectivity index (χ1v) is 9.68. The monoisotopic (exact) mass is 355 g/mol. The number of hydrogen-bond acceptors (Lipinski definition) is 4. The zero-order valence-corrected chi connectivity index (χ0v) is 14.8. The number of hydrogen-bond donors (Lipinski definition) is 0. The van der Waals surface area contributed by atoms with E-state index in [-0.39, 0.29) is 12.0 Å². The van der Waals surface area contributed by atoms with Gasteiger partial charge in [-0.3, -0.25) is 4.79 Å². The molecule has 0 aliphatic carbocycles. The van der Waals surface area contributed by atoms with Crippen LogP contribution < -0.4 is 9.64 Å². The third-order valence-electron chi connectivity index (χ3n) is 4.51. The number of anilines is 1. The topological polar surface area (TPSA) is 38.8 Å². The van der Waals surface area contributed by atoms with Crippen molar-refractivity contribution in [3.8, 4) is 5.75 Å². The van der Waals surface area contributed by atoms with Crippen molar-refractivity contribution >= 4 is 23.4 Å². The highest BCUT2D eigenvalue weighted by molar-refractivity contribution is 7.99. The maximum atomic E-state index is 13.0. The molecule has 1 amide bonds. The molecule has 25 heavy (non-hydrogen) atoms. The molecule has 2 aliphatic rings. The van der Waals surface area contributed by atoms with Gasteiger partial charge in [-0.25, -0.2) is 0 Å². The van der Waals surface area contributed by atoms with Gasteiger partial charge < -0.3 is 14.4 Å². The second-order valence-electron chi connectivity index (χ2n) is 6.25. The quantitative estimate of drug-likeness (QED) is 0.831. The van der Waals surface area contributed by atoms with Gasteiger partial charge in [-0.15, -0.1) is 11.8 Å². The molecule has 1 unspecified atom stereocenters. The summed E-state index contributed by atoms with van der Waals surface area (Å²) in [6, 6.07) is 15.5. The van der Waals surface area contributed by atoms with Crippen LogP contribution in [0, 0.1) is 0 Å². The number of nitrogens with zero attached hydrogens (tertiary/aromatic N) is 1. The minimum Gasteiger partial charge on any atom is -0.491 e. The highest BCUT2D eigenvalue weighted by atomic mass is 32.2. The fourth-order valence-corrected chi connectivity index (χ4v) is 4.21. The summed E-state index contributed by atoms with van der Waals surface area (Å²) in [4.78, 5) is 16.0. The molecule has 0 bridgehead atoms. The maximum absolute atomic E-state index is 13.0. The molecule has 2 aromatic rings. The summed E-state index contributed by atoms with van der Waals surface area (Å²) in [6.07, 6.45) is 2.31. The molecule has 0 N–H and O–H groups in total. The Balaban J connectivity index is 1.50. The Hall–Kier alpha value is -1.98. The van der Waals surface area contributed by atoms with Gasteiger partial charge in [0.2, 0.25) is 0 Å². The Labute approximate surface area is 152 Å². The number of ether oxygens (including phenoxy) is 2. The number of fused-ring (bicyclic) bond motifs is 1. The van der Waals surface area contributed by atoms with Crippen LogP contribution in [-0.2, 0) is 4.74 Å². The zero-order chi connectivity index (χ0) is 17.1. The number of rotatable bonds is 4. The summed E-state index contributed by atoms with van der Waals surface area (Å²) in [6.45, 7) is 2.08. The molecule has 0 saturated carbocycles. The Morgan fingerprint density at radius 2 is 2.16 bits per heavy atom. The number of para-hydroxylation sites is 1. The Kier molecular flexibility index (Phi) is 4.95. The molecule has 0 spiro atoms. The highest BCUT2D eigenvalue weighted by Crippen LogP contribution is 2.35. The predicted molar refractivity (Wildman–Crippen MR) is 99.8 cm³/mol. The second-order valence-corrected chi connectivity index (χ2v) is 7.38. The molecule has 1 fully saturated rings. The first kappa shape index (κ1) is 16.5. The van der Waals surface area contributed by atoms with Gasteiger partial charge in [-0.1, -0.05) is 18.2 Å². The zero-order valence-electron chi connectivity index (χ0n) is 14.0. The molecule has 4 nitrogen and oxygen atoms in total. The lowest BCUT2D eigenvalue weighted by atomic mass is 10.1. The van der Waals surface area contributed by atoms with Crippen LogP contribution in [0.5, 0.6) is 5.75 Å². The first-order chi connectivity index (χ1) is 12.3. The third-order valence-corrected chi connectivity index (χ3v) is 5.56. The van der Waals surface area contributed by atoms with Crippen molar-refractivity contribution in [2.45, 2.75) is 23.8 Å². The van der Waals surface area contributed by atoms with Gasteiger partial charge in [0.05, 0.1) is 11.8 Å². The van der Waals surface area contributed by atoms with E-state index in [0.717, 1.165) is 48.1 Å². The average Bonchev–Trinajstić information content (AvgIpc) is 3.19. The van der Waals surface area contributed by atoms with E-state index in [2.05, 4.69) is 6.07 Å². The molecule has 2 aliphatic heterocycles. The largest absolute Gasteiger partial charge is 0.491 e. The van der Waals surface area contributed by atoms with Gasteiger partial charge in [0.1, 0.15) is 12.4 Å². The summed E-state index contributed by atoms with van der Waals surface area (Å²) < 4.78 is 11.4. The van der Waals surface area contributed by atoms with Gasteiger partial charge in [-0.2, -0.15) is 0 Å². The van der Waals surface area contributed by atoms with Crippen LogP contribution in [-0.4, -0.2) is 37.5 Å². The van der Waals surface area contributed by atoms with E-state index in [4.69, 9.17) is 9.47 Å². The van der Waals surface area contributed by atoms with Gasteiger partial charge in [0.25, 0.3) is 5.91 Å². The minimum absolute atomic E-state index is 0.0234. The molecular weight excluding hydrogens is 334 g/mol. The van der Waals surface area contributed by atoms with Crippen LogP contribution in [0.2, 0.25) is 0 Å². The van der Waals surface area contributed by atoms with Crippen LogP contribution in [0.15, 0.2) is 53.4 Å². The van der Waals surface area contributed by atoms with Crippen molar-refractivity contribution in [2.24, 2.45) is 0 Å². The second kappa shape index (κ2) is 7.50. The van der Waals surface area contributed by atoms with E-state index in [1.807, 2.05) is 47.4 Å². The van der Waals surface area contributed by atoms with Crippen LogP contribution in [0.4, 0.5) is 5.69 Å². The average molecular weight is 355 g/mol. The van der Waals surface area contributed by atoms with Crippen molar-refractivity contribution in [2.75, 3.05) is 30.4 Å². The predicted octanol–water partition coefficient (Wildman–Crippen LogP) is 4.00. The van der Waals surface area contributed by atoms with E-state index < -0.39 is 0 Å². The van der Waals surface area contributed by atoms with Crippen LogP contribution in [0.3, 0.4) is 0 Å². The minimum atomic E-state index is 0.0234. The van der Waals surface area contributed by atoms with Crippen molar-refractivity contribution in [1.82, 2.24) is 0 Å². The van der Waals surface area contributed by atoms with E-state index in [9.17, 15) is 4.79 Å². The third kappa shape index (κ3) is 3.67. The van der Waals surface area contributed by atoms with Gasteiger partial charge in [0, 0.05) is 29.4 Å². The van der Waals surface area contributed by atoms with E-state index in [0.29, 0.717) is 12.2 Å². The first-order valence-electron chi connectivity index (χ1n) is 8.69. The SMILES string of the molecule is O=C(c1cccc(OCC2CCCO2)c1)N1CCSc2ccccc21. The van der Waals surface area contributed by atoms with Crippen molar-refractivity contribution in [3.05, 3.63) is 54.1 Å². The molecule has 130 valence electrons. The van der Waals surface area contributed by atoms with E-state index >= 15 is 0 Å². The van der Waals surface area contributed by atoms with Gasteiger partial charge in [0.15, 0.2) is 0 Å². The van der Waals surface area contributed by atoms with E-state index in [1.54, 1.807) is 11.8 Å². The Morgan fingerprint density at radius 3 is 3.04 bits per heavy atom. The summed E-state index contributed by atoms with van der Waals surface area (Å²) >= 11 is 1.80. The summed E-state index contributed by atoms with van der Waals surface area (Å²) in [5, 5.41) is 0. The Morgan fingerprint density at radius 1 is 1.24 bits per heavy atom. The molecule has 1 atom stereocenters. The van der Waals surface area contributed by atoms with Crippen LogP contribution in [0.25, 0.3) is 0 Å². The number of amides is 1. The normalized spacial score (nSPS) is 19.5. The fraction of sp³-hybridized carbons (Fsp3) is 0.350. The van der Waals surface area contributed by atoms with E-state index in [1.165, 1.54) is 0 Å². The smallest absolute Gasteiger partial charge is 0.258 e. The lowest BCUT2D eigenvalue weighted by Gasteiger charge is -2.29. The maximum Gasteiger partial charge on any atom is 0.258 e. The molecule has 2 aromatic carbocycles. The highest BCUT2D eigenvalue weighted by Gasteiger charge is 2.24. The molecule has 5 heteroatoms. The van der Waals surface area contributed by atoms with Gasteiger partial charge in [-0.05, 0) is 43.2 Å². The molecule has 1 saturated heterocycles. The number of carbonyl (C=O) groups excluding carboxylic acids is 1. The Bertz CT molecular complexity index is 758. The number of carbonyl (C=O) groups is 1. The summed E-state index contributed by atoms with van der Waals surface area (Å²) in [5.74, 6) is 1.66. The number of benzene rings is 2. The fourth-order valence-electron chi connectivity index (χ4n) is 3.22. The molecule has 4 rings (SSSR count). The van der Waals surface area contributed by atoms with Gasteiger partial charge >= 0.3 is 0 Å². The van der Waals surface area contributed by atoms with Crippen molar-refractivity contribution < 1.29 is 14.3 Å². The van der Waals surface area contributed by atoms with Crippen LogP contribution in [0.1, 0.15) is 23.2 Å². The standard InChI is InChI=1S/C20H21NO3S/c22-20(21-10-12-25-19-9-2-1-8-18(19)21)15-5-3-6-16(13-15)24-14-17-7-4-11-23-17/h1-3,5-6,8-9,13,17H,4,7,10-12,14H2. The summed E-state index contributed by atoms with van der Waals surface area (Å²) in [7, 11) is 0. The molecule has 0 aromatic heterocycles. The summed E-state index contributed by atoms with van der Waals surface area (Å²) in [5.41, 5.74) is 1.65. The lowest BCUT2D eigenvalue weighted by Crippen LogP contribution is -2.35. The molecule has 2 heterocycles. The van der Waals surface area contributed by atoms with Crippen molar-refractivity contribution in [3.63, 3.8) is 0 Å². The molecule has 0 radical (unpaired) electrons.